The number of benzene rings is 6. The average Bonchev–Trinajstić information content (AvgIpc) is 3.34. The fourth-order valence-electron chi connectivity index (χ4n) is 8.04. The lowest BCUT2D eigenvalue weighted by atomic mass is 9.96. The highest BCUT2D eigenvalue weighted by atomic mass is 16.7. The van der Waals surface area contributed by atoms with E-state index in [1.165, 1.54) is 0 Å². The van der Waals surface area contributed by atoms with E-state index in [1.807, 2.05) is 182 Å². The molecule has 10 nitrogen and oxygen atoms in total. The van der Waals surface area contributed by atoms with Gasteiger partial charge in [0.2, 0.25) is 0 Å². The van der Waals surface area contributed by atoms with Gasteiger partial charge in [-0.3, -0.25) is 0 Å². The summed E-state index contributed by atoms with van der Waals surface area (Å²) in [5, 5.41) is 11.2. The van der Waals surface area contributed by atoms with Crippen LogP contribution in [0, 0.1) is 0 Å². The van der Waals surface area contributed by atoms with Crippen molar-refractivity contribution in [2.24, 2.45) is 0 Å². The lowest BCUT2D eigenvalue weighted by molar-refractivity contribution is -0.361. The number of hydrogen-bond acceptors (Lipinski definition) is 10. The number of ether oxygens (including phenoxy) is 9. The molecule has 2 aliphatic rings. The van der Waals surface area contributed by atoms with E-state index < -0.39 is 55.3 Å². The van der Waals surface area contributed by atoms with Gasteiger partial charge < -0.3 is 47.7 Å². The molecule has 0 saturated carbocycles. The van der Waals surface area contributed by atoms with E-state index in [-0.39, 0.29) is 32.8 Å². The normalized spacial score (nSPS) is 24.6. The Hall–Kier alpha value is -5.08. The maximum absolute atomic E-state index is 11.2. The highest BCUT2D eigenvalue weighted by Crippen LogP contribution is 2.35. The molecule has 1 N–H and O–H groups in total. The zero-order valence-electron chi connectivity index (χ0n) is 36.0. The fourth-order valence-corrected chi connectivity index (χ4v) is 8.04. The van der Waals surface area contributed by atoms with Crippen LogP contribution in [0.1, 0.15) is 39.8 Å². The van der Waals surface area contributed by atoms with Gasteiger partial charge in [0.05, 0.1) is 59.0 Å². The van der Waals surface area contributed by atoms with Crippen molar-refractivity contribution in [1.29, 1.82) is 0 Å². The van der Waals surface area contributed by atoms with Gasteiger partial charge >= 0.3 is 0 Å². The molecule has 0 spiro atoms. The third-order valence-electron chi connectivity index (χ3n) is 11.3. The molecule has 6 aromatic carbocycles. The van der Waals surface area contributed by atoms with Crippen molar-refractivity contribution in [2.75, 3.05) is 13.2 Å². The minimum Gasteiger partial charge on any atom is -0.374 e. The summed E-state index contributed by atoms with van der Waals surface area (Å²) in [6.45, 7) is 2.12. The minimum absolute atomic E-state index is 0.116. The van der Waals surface area contributed by atoms with Crippen molar-refractivity contribution in [3.05, 3.63) is 215 Å². The van der Waals surface area contributed by atoms with E-state index in [1.54, 1.807) is 0 Å². The zero-order valence-corrected chi connectivity index (χ0v) is 36.0. The van der Waals surface area contributed by atoms with Crippen LogP contribution in [0.4, 0.5) is 0 Å². The van der Waals surface area contributed by atoms with Crippen LogP contribution in [0.25, 0.3) is 0 Å². The molecule has 0 bridgehead atoms. The first-order chi connectivity index (χ1) is 31.6. The Balaban J connectivity index is 1.13. The number of aliphatic hydroxyl groups excluding tert-OH is 1. The summed E-state index contributed by atoms with van der Waals surface area (Å²) < 4.78 is 60.7. The van der Waals surface area contributed by atoms with E-state index in [0.29, 0.717) is 26.4 Å². The molecule has 0 radical (unpaired) electrons. The topological polar surface area (TPSA) is 103 Å². The van der Waals surface area contributed by atoms with E-state index in [4.69, 9.17) is 42.6 Å². The standard InChI is InChI=1S/C54H58O10/c55-49-31-46(58-34-42-23-11-3-12-24-42)50(47(62-49)38-56-32-40-19-7-1-8-20-40)64-54-53(61-37-45-29-17-6-18-30-45)52(60-36-44-27-15-5-16-28-44)51(59-35-43-25-13-4-14-26-43)48(63-54)39-57-33-41-21-9-2-10-22-41/h1-30,46-55H,31-39H2/t46-,47-,48-,49?,50+,51-,52+,53-,54+/m1/s1. The van der Waals surface area contributed by atoms with Gasteiger partial charge in [-0.25, -0.2) is 0 Å². The van der Waals surface area contributed by atoms with Crippen molar-refractivity contribution < 1.29 is 47.7 Å². The molecule has 1 unspecified atom stereocenters. The third-order valence-corrected chi connectivity index (χ3v) is 11.3. The second-order valence-electron chi connectivity index (χ2n) is 16.1. The SMILES string of the molecule is OC1C[C@@H](OCc2ccccc2)[C@H](O[C@@H]2O[C@H](COCc3ccccc3)[C@@H](OCc3ccccc3)[C@H](OCc3ccccc3)[C@H]2OCc2ccccc2)[C@@H](COCc2ccccc2)O1. The van der Waals surface area contributed by atoms with Crippen molar-refractivity contribution >= 4 is 0 Å². The lowest BCUT2D eigenvalue weighted by Crippen LogP contribution is -2.64. The Kier molecular flexibility index (Phi) is 17.3. The zero-order chi connectivity index (χ0) is 43.6. The quantitative estimate of drug-likeness (QED) is 0.0712. The first-order valence-electron chi connectivity index (χ1n) is 22.1. The van der Waals surface area contributed by atoms with Gasteiger partial charge in [-0.15, -0.1) is 0 Å². The van der Waals surface area contributed by atoms with Gasteiger partial charge in [0.1, 0.15) is 36.6 Å². The van der Waals surface area contributed by atoms with Gasteiger partial charge in [0, 0.05) is 6.42 Å². The second-order valence-corrected chi connectivity index (χ2v) is 16.1. The Morgan fingerprint density at radius 3 is 1.14 bits per heavy atom. The number of hydrogen-bond donors (Lipinski definition) is 1. The van der Waals surface area contributed by atoms with Gasteiger partial charge in [-0.2, -0.15) is 0 Å². The predicted molar refractivity (Wildman–Crippen MR) is 241 cm³/mol. The molecule has 2 heterocycles. The molecule has 0 aromatic heterocycles. The summed E-state index contributed by atoms with van der Waals surface area (Å²) >= 11 is 0. The smallest absolute Gasteiger partial charge is 0.187 e. The van der Waals surface area contributed by atoms with Crippen LogP contribution in [0.5, 0.6) is 0 Å². The molecular formula is C54H58O10. The molecule has 334 valence electrons. The molecule has 0 aliphatic carbocycles. The second kappa shape index (κ2) is 24.3. The molecule has 9 atom stereocenters. The van der Waals surface area contributed by atoms with Crippen molar-refractivity contribution in [1.82, 2.24) is 0 Å². The van der Waals surface area contributed by atoms with E-state index in [2.05, 4.69) is 0 Å². The third kappa shape index (κ3) is 13.5. The minimum atomic E-state index is -1.11. The molecular weight excluding hydrogens is 809 g/mol. The summed E-state index contributed by atoms with van der Waals surface area (Å²) in [4.78, 5) is 0. The van der Waals surface area contributed by atoms with Crippen LogP contribution in [-0.2, 0) is 82.3 Å². The molecule has 2 aliphatic heterocycles. The van der Waals surface area contributed by atoms with Gasteiger partial charge in [0.15, 0.2) is 12.6 Å². The number of rotatable bonds is 22. The van der Waals surface area contributed by atoms with Crippen LogP contribution in [0.15, 0.2) is 182 Å². The van der Waals surface area contributed by atoms with Crippen molar-refractivity contribution in [3.8, 4) is 0 Å². The fraction of sp³-hybridized carbons (Fsp3) is 0.333. The summed E-state index contributed by atoms with van der Waals surface area (Å²) in [5.41, 5.74) is 5.99. The first kappa shape index (κ1) is 45.5. The van der Waals surface area contributed by atoms with E-state index in [9.17, 15) is 5.11 Å². The molecule has 2 saturated heterocycles. The molecule has 64 heavy (non-hydrogen) atoms. The lowest BCUT2D eigenvalue weighted by Gasteiger charge is -2.48. The van der Waals surface area contributed by atoms with Gasteiger partial charge in [-0.1, -0.05) is 182 Å². The molecule has 0 amide bonds. The van der Waals surface area contributed by atoms with Crippen molar-refractivity contribution in [2.45, 2.75) is 101 Å². The van der Waals surface area contributed by atoms with Gasteiger partial charge in [-0.05, 0) is 33.4 Å². The van der Waals surface area contributed by atoms with E-state index >= 15 is 0 Å². The van der Waals surface area contributed by atoms with Crippen molar-refractivity contribution in [3.63, 3.8) is 0 Å². The summed E-state index contributed by atoms with van der Waals surface area (Å²) in [7, 11) is 0. The van der Waals surface area contributed by atoms with Crippen LogP contribution in [0.2, 0.25) is 0 Å². The summed E-state index contributed by atoms with van der Waals surface area (Å²) in [6, 6.07) is 60.0. The average molecular weight is 867 g/mol. The monoisotopic (exact) mass is 866 g/mol. The largest absolute Gasteiger partial charge is 0.374 e. The highest BCUT2D eigenvalue weighted by Gasteiger charge is 2.52. The maximum Gasteiger partial charge on any atom is 0.187 e. The number of aliphatic hydroxyl groups is 1. The molecule has 2 fully saturated rings. The summed E-state index contributed by atoms with van der Waals surface area (Å²) in [5.74, 6) is 0. The first-order valence-corrected chi connectivity index (χ1v) is 22.1. The maximum atomic E-state index is 11.2. The Bertz CT molecular complexity index is 2170. The van der Waals surface area contributed by atoms with E-state index in [0.717, 1.165) is 33.4 Å². The predicted octanol–water partition coefficient (Wildman–Crippen LogP) is 8.98. The van der Waals surface area contributed by atoms with Crippen LogP contribution in [-0.4, -0.2) is 73.6 Å². The Morgan fingerprint density at radius 2 is 0.719 bits per heavy atom. The molecule has 8 rings (SSSR count). The van der Waals surface area contributed by atoms with Crippen LogP contribution >= 0.6 is 0 Å². The summed E-state index contributed by atoms with van der Waals surface area (Å²) in [6.07, 6.45) is -6.94. The van der Waals surface area contributed by atoms with Crippen LogP contribution in [0.3, 0.4) is 0 Å². The Labute approximate surface area is 376 Å². The highest BCUT2D eigenvalue weighted by molar-refractivity contribution is 5.18. The van der Waals surface area contributed by atoms with Crippen LogP contribution < -0.4 is 0 Å². The van der Waals surface area contributed by atoms with Gasteiger partial charge in [0.25, 0.3) is 0 Å². The molecule has 6 aromatic rings. The Morgan fingerprint density at radius 1 is 0.375 bits per heavy atom. The molecule has 10 heteroatoms.